The molecule has 1 aliphatic heterocycles. The summed E-state index contributed by atoms with van der Waals surface area (Å²) in [6.45, 7) is 7.58. The number of H-pyrrole nitrogens is 1. The van der Waals surface area contributed by atoms with E-state index < -0.39 is 17.8 Å². The van der Waals surface area contributed by atoms with Crippen molar-refractivity contribution >= 4 is 28.6 Å². The number of nitrogens with zero attached hydrogens (tertiary/aromatic N) is 8. The van der Waals surface area contributed by atoms with E-state index in [1.54, 1.807) is 32.5 Å². The summed E-state index contributed by atoms with van der Waals surface area (Å²) in [4.78, 5) is 43.0. The van der Waals surface area contributed by atoms with E-state index in [9.17, 15) is 23.1 Å². The maximum absolute atomic E-state index is 13.9. The van der Waals surface area contributed by atoms with Crippen molar-refractivity contribution < 1.29 is 62.1 Å². The van der Waals surface area contributed by atoms with Crippen LogP contribution in [0.25, 0.3) is 33.9 Å². The summed E-state index contributed by atoms with van der Waals surface area (Å²) in [5, 5.41) is 10.9. The van der Waals surface area contributed by atoms with Crippen LogP contribution in [0.1, 0.15) is 45.2 Å². The monoisotopic (exact) mass is 719 g/mol. The zero-order valence-electron chi connectivity index (χ0n) is 29.6. The third kappa shape index (κ3) is 8.74. The second kappa shape index (κ2) is 16.0. The maximum Gasteiger partial charge on any atom is 1.00 e. The molecule has 1 atom stereocenters. The van der Waals surface area contributed by atoms with Gasteiger partial charge >= 0.3 is 35.7 Å². The van der Waals surface area contributed by atoms with Crippen LogP contribution in [-0.4, -0.2) is 107 Å². The van der Waals surface area contributed by atoms with Gasteiger partial charge in [0.05, 0.1) is 37.0 Å². The number of halogens is 3. The van der Waals surface area contributed by atoms with Crippen LogP contribution in [0.15, 0.2) is 30.6 Å². The minimum atomic E-state index is -4.68. The van der Waals surface area contributed by atoms with Crippen molar-refractivity contribution in [1.29, 1.82) is 0 Å². The predicted molar refractivity (Wildman–Crippen MR) is 179 cm³/mol. The normalized spacial score (nSPS) is 17.5. The minimum absolute atomic E-state index is 0. The van der Waals surface area contributed by atoms with Gasteiger partial charge < -0.3 is 34.2 Å². The van der Waals surface area contributed by atoms with Gasteiger partial charge in [0, 0.05) is 75.9 Å². The molecule has 17 heteroatoms. The summed E-state index contributed by atoms with van der Waals surface area (Å²) in [5.41, 5.74) is 1.48. The molecule has 2 aliphatic rings. The first-order valence-electron chi connectivity index (χ1n) is 16.7. The molecule has 6 rings (SSSR count). The number of anilines is 2. The van der Waals surface area contributed by atoms with Crippen LogP contribution in [0, 0.1) is 5.41 Å². The van der Waals surface area contributed by atoms with E-state index in [2.05, 4.69) is 34.6 Å². The van der Waals surface area contributed by atoms with Crippen LogP contribution in [-0.2, 0) is 15.7 Å². The molecule has 5 heterocycles. The van der Waals surface area contributed by atoms with Crippen LogP contribution in [0.2, 0.25) is 0 Å². The Bertz CT molecular complexity index is 1820. The third-order valence-electron chi connectivity index (χ3n) is 9.54. The van der Waals surface area contributed by atoms with E-state index in [0.717, 1.165) is 25.3 Å². The number of aliphatic carboxylic acids is 1. The van der Waals surface area contributed by atoms with Crippen molar-refractivity contribution in [1.82, 2.24) is 34.8 Å². The molecule has 0 bridgehead atoms. The summed E-state index contributed by atoms with van der Waals surface area (Å²) in [6.07, 6.45) is 1.72. The number of imidazole rings is 1. The van der Waals surface area contributed by atoms with Crippen molar-refractivity contribution in [2.45, 2.75) is 51.7 Å². The predicted octanol–water partition coefficient (Wildman–Crippen LogP) is 0.802. The van der Waals surface area contributed by atoms with Gasteiger partial charge in [-0.3, -0.25) is 4.90 Å². The number of hydrogen-bond acceptors (Lipinski definition) is 12. The second-order valence-electron chi connectivity index (χ2n) is 13.2. The molecule has 4 aromatic heterocycles. The number of hydrogen-bond donors (Lipinski definition) is 1. The third-order valence-corrected chi connectivity index (χ3v) is 9.54. The molecule has 4 aromatic rings. The van der Waals surface area contributed by atoms with Crippen LogP contribution in [0.4, 0.5) is 24.7 Å². The average molecular weight is 720 g/mol. The largest absolute Gasteiger partial charge is 1.00 e. The molecule has 1 aliphatic carbocycles. The van der Waals surface area contributed by atoms with E-state index in [-0.39, 0.29) is 71.2 Å². The molecule has 1 saturated carbocycles. The number of nitrogens with one attached hydrogen (secondary N) is 1. The number of piperazine rings is 1. The van der Waals surface area contributed by atoms with Crippen LogP contribution >= 0.6 is 0 Å². The molecule has 1 saturated heterocycles. The molecule has 1 N–H and O–H groups in total. The van der Waals surface area contributed by atoms with E-state index in [1.165, 1.54) is 6.07 Å². The van der Waals surface area contributed by atoms with Crippen molar-refractivity contribution in [2.75, 3.05) is 69.9 Å². The number of aromatic nitrogens is 6. The Balaban J connectivity index is 0.00000504. The Kier molecular flexibility index (Phi) is 12.1. The standard InChI is InChI=1S/C34H42F3N9O4.Na/c1-5-50-28-14-22(13-26(41-28)34(35,36)37)23-15-25(44(3)19-33(20-49-4)8-6-9-33)30-32(40-23)43-31(42-30)24-16-39-27(17-38-24)46-12-11-45(21(2)18-46)10-7-29(47)48;/h13-17,21H,5-12,18-20H2,1-4H3,(H,47,48)(H,40,42,43);/q;+1/p-1/t21-;/m1./s1. The summed E-state index contributed by atoms with van der Waals surface area (Å²) in [6, 6.07) is 4.31. The molecule has 268 valence electrons. The molecule has 51 heavy (non-hydrogen) atoms. The molecule has 13 nitrogen and oxygen atoms in total. The smallest absolute Gasteiger partial charge is 0.550 e. The summed E-state index contributed by atoms with van der Waals surface area (Å²) in [7, 11) is 3.64. The number of methoxy groups -OCH3 is 1. The average Bonchev–Trinajstić information content (AvgIpc) is 3.50. The van der Waals surface area contributed by atoms with Crippen LogP contribution in [0.5, 0.6) is 5.88 Å². The number of fused-ring (bicyclic) bond motifs is 1. The Labute approximate surface area is 316 Å². The number of carboxylic acids is 1. The molecule has 0 spiro atoms. The van der Waals surface area contributed by atoms with Gasteiger partial charge in [-0.2, -0.15) is 13.2 Å². The number of rotatable bonds is 13. The van der Waals surface area contributed by atoms with E-state index >= 15 is 0 Å². The first kappa shape index (κ1) is 38.7. The molecule has 0 aromatic carbocycles. The van der Waals surface area contributed by atoms with Crippen molar-refractivity contribution in [3.8, 4) is 28.7 Å². The van der Waals surface area contributed by atoms with E-state index in [1.807, 2.05) is 14.0 Å². The Morgan fingerprint density at radius 1 is 1.12 bits per heavy atom. The first-order valence-corrected chi connectivity index (χ1v) is 16.7. The molecule has 0 amide bonds. The van der Waals surface area contributed by atoms with Gasteiger partial charge in [0.1, 0.15) is 22.7 Å². The maximum atomic E-state index is 13.9. The molecular weight excluding hydrogens is 678 g/mol. The number of alkyl halides is 3. The van der Waals surface area contributed by atoms with Gasteiger partial charge in [-0.05, 0) is 45.2 Å². The van der Waals surface area contributed by atoms with Gasteiger partial charge in [0.25, 0.3) is 0 Å². The van der Waals surface area contributed by atoms with Gasteiger partial charge in [0.2, 0.25) is 5.88 Å². The Morgan fingerprint density at radius 2 is 1.90 bits per heavy atom. The van der Waals surface area contributed by atoms with Gasteiger partial charge in [-0.1, -0.05) is 6.42 Å². The van der Waals surface area contributed by atoms with Crippen LogP contribution < -0.4 is 49.2 Å². The topological polar surface area (TPSA) is 149 Å². The van der Waals surface area contributed by atoms with Gasteiger partial charge in [-0.15, -0.1) is 0 Å². The first-order chi connectivity index (χ1) is 23.9. The fraction of sp³-hybridized carbons (Fsp3) is 0.529. The molecule has 0 radical (unpaired) electrons. The second-order valence-corrected chi connectivity index (χ2v) is 13.2. The van der Waals surface area contributed by atoms with Crippen molar-refractivity contribution in [2.24, 2.45) is 5.41 Å². The number of carboxylic acid groups (broad SMARTS) is 1. The zero-order valence-corrected chi connectivity index (χ0v) is 31.6. The number of carbonyl (C=O) groups is 1. The number of pyridine rings is 2. The van der Waals surface area contributed by atoms with E-state index in [4.69, 9.17) is 19.4 Å². The number of carbonyl (C=O) groups excluding carboxylic acids is 1. The fourth-order valence-electron chi connectivity index (χ4n) is 6.86. The van der Waals surface area contributed by atoms with E-state index in [0.29, 0.717) is 73.5 Å². The molecule has 0 unspecified atom stereocenters. The SMILES string of the molecule is CCOc1cc(-c2cc(N(C)CC3(COC)CCC3)c3[nH]c(-c4cnc(N5CCN(CCC(=O)[O-])[C@H](C)C5)cn4)nc3n2)cc(C(F)(F)F)n1.[Na+]. The fourth-order valence-corrected chi connectivity index (χ4v) is 6.86. The summed E-state index contributed by atoms with van der Waals surface area (Å²) in [5.74, 6) is -0.109. The molecular formula is C34H41F3N9NaO4. The number of aromatic amines is 1. The minimum Gasteiger partial charge on any atom is -0.550 e. The van der Waals surface area contributed by atoms with Crippen molar-refractivity contribution in [3.63, 3.8) is 0 Å². The molecule has 2 fully saturated rings. The van der Waals surface area contributed by atoms with Crippen LogP contribution in [0.3, 0.4) is 0 Å². The van der Waals surface area contributed by atoms with Gasteiger partial charge in [-0.25, -0.2) is 24.9 Å². The van der Waals surface area contributed by atoms with Crippen molar-refractivity contribution in [3.05, 3.63) is 36.3 Å². The quantitative estimate of drug-likeness (QED) is 0.195. The summed E-state index contributed by atoms with van der Waals surface area (Å²) < 4.78 is 52.6. The summed E-state index contributed by atoms with van der Waals surface area (Å²) >= 11 is 0. The Morgan fingerprint density at radius 3 is 2.51 bits per heavy atom. The number of ether oxygens (including phenoxy) is 2. The van der Waals surface area contributed by atoms with Gasteiger partial charge in [0.15, 0.2) is 11.5 Å². The zero-order chi connectivity index (χ0) is 35.6. The Hall–Kier alpha value is -3.57.